The minimum atomic E-state index is -0.111. The van der Waals surface area contributed by atoms with E-state index in [2.05, 4.69) is 25.7 Å². The topological polar surface area (TPSA) is 122 Å². The van der Waals surface area contributed by atoms with Crippen LogP contribution in [0.2, 0.25) is 0 Å². The summed E-state index contributed by atoms with van der Waals surface area (Å²) in [5, 5.41) is 13.9. The molecule has 11 nitrogen and oxygen atoms in total. The molecule has 4 rings (SSSR count). The summed E-state index contributed by atoms with van der Waals surface area (Å²) in [5.74, 6) is 2.22. The largest absolute Gasteiger partial charge is 0.353 e. The van der Waals surface area contributed by atoms with E-state index in [-0.39, 0.29) is 11.8 Å². The maximum atomic E-state index is 12.5. The van der Waals surface area contributed by atoms with Crippen molar-refractivity contribution in [2.24, 2.45) is 0 Å². The number of hydrogen-bond donors (Lipinski definition) is 3. The quantitative estimate of drug-likeness (QED) is 0.383. The maximum absolute atomic E-state index is 12.5. The molecule has 3 N–H and O–H groups in total. The summed E-state index contributed by atoms with van der Waals surface area (Å²) in [6.07, 6.45) is 0. The lowest BCUT2D eigenvalue weighted by Crippen LogP contribution is -2.51. The summed E-state index contributed by atoms with van der Waals surface area (Å²) in [4.78, 5) is 40.5. The molecule has 2 amide bonds. The molecule has 0 bridgehead atoms. The van der Waals surface area contributed by atoms with Gasteiger partial charge in [-0.15, -0.1) is 0 Å². The number of carbonyl (C=O) groups excluding carboxylic acids is 2. The predicted molar refractivity (Wildman–Crippen MR) is 146 cm³/mol. The summed E-state index contributed by atoms with van der Waals surface area (Å²) in [6, 6.07) is 9.49. The van der Waals surface area contributed by atoms with Crippen molar-refractivity contribution in [1.82, 2.24) is 30.0 Å². The van der Waals surface area contributed by atoms with Crippen molar-refractivity contribution >= 4 is 46.7 Å². The second-order valence-electron chi connectivity index (χ2n) is 9.28. The first kappa shape index (κ1) is 26.4. The maximum Gasteiger partial charge on any atom is 0.236 e. The molecular weight excluding hydrogens is 490 g/mol. The fourth-order valence-electron chi connectivity index (χ4n) is 4.02. The number of nitrogens with zero attached hydrogens (tertiary/aromatic N) is 6. The second-order valence-corrected chi connectivity index (χ2v) is 10.3. The Morgan fingerprint density at radius 2 is 1.78 bits per heavy atom. The van der Waals surface area contributed by atoms with Crippen molar-refractivity contribution in [3.8, 4) is 0 Å². The summed E-state index contributed by atoms with van der Waals surface area (Å²) >= 11 is 1.44. The van der Waals surface area contributed by atoms with Crippen LogP contribution < -0.4 is 15.5 Å². The van der Waals surface area contributed by atoms with Crippen molar-refractivity contribution in [3.05, 3.63) is 41.6 Å². The van der Waals surface area contributed by atoms with E-state index >= 15 is 0 Å². The Morgan fingerprint density at radius 3 is 2.38 bits per heavy atom. The number of amides is 2. The average Bonchev–Trinajstić information content (AvgIpc) is 3.26. The molecule has 0 atom stereocenters. The molecule has 1 aliphatic heterocycles. The van der Waals surface area contributed by atoms with Crippen LogP contribution >= 0.6 is 11.8 Å². The first-order valence-electron chi connectivity index (χ1n) is 12.1. The lowest BCUT2D eigenvalue weighted by atomic mass is 10.2. The number of likely N-dealkylation sites (N-methyl/N-ethyl adjacent to an activating group) is 1. The third-order valence-corrected chi connectivity index (χ3v) is 6.69. The molecule has 196 valence electrons. The van der Waals surface area contributed by atoms with Crippen molar-refractivity contribution in [1.29, 1.82) is 0 Å². The summed E-state index contributed by atoms with van der Waals surface area (Å²) in [6.45, 7) is 8.50. The molecule has 1 aliphatic rings. The molecule has 12 heteroatoms. The Labute approximate surface area is 221 Å². The summed E-state index contributed by atoms with van der Waals surface area (Å²) in [5.41, 5.74) is 2.60. The molecule has 0 aliphatic carbocycles. The van der Waals surface area contributed by atoms with Gasteiger partial charge in [-0.2, -0.15) is 5.10 Å². The van der Waals surface area contributed by atoms with Crippen molar-refractivity contribution < 1.29 is 9.59 Å². The zero-order chi connectivity index (χ0) is 26.5. The Morgan fingerprint density at radius 1 is 1.08 bits per heavy atom. The van der Waals surface area contributed by atoms with Crippen molar-refractivity contribution in [2.75, 3.05) is 62.4 Å². The number of piperazine rings is 1. The molecule has 3 aromatic rings. The van der Waals surface area contributed by atoms with Gasteiger partial charge in [0, 0.05) is 61.0 Å². The van der Waals surface area contributed by atoms with Gasteiger partial charge in [0.25, 0.3) is 0 Å². The Balaban J connectivity index is 1.58. The number of anilines is 4. The second kappa shape index (κ2) is 11.6. The van der Waals surface area contributed by atoms with E-state index < -0.39 is 0 Å². The molecular formula is C25H33N9O2S. The molecule has 1 fully saturated rings. The number of aromatic nitrogens is 4. The number of carbonyl (C=O) groups is 2. The zero-order valence-corrected chi connectivity index (χ0v) is 22.6. The first-order valence-corrected chi connectivity index (χ1v) is 12.9. The SMILES string of the molecule is CC(=O)Nc1ccc(Sc2nc(Nc3cc(C)[nH]n3)c(C)c(N3CCN(C(=O)CN(C)C)CC3)n2)cc1. The number of rotatable bonds is 8. The number of benzene rings is 1. The van der Waals surface area contributed by atoms with Crippen LogP contribution in [-0.2, 0) is 9.59 Å². The van der Waals surface area contributed by atoms with Crippen LogP contribution in [0.4, 0.5) is 23.1 Å². The van der Waals surface area contributed by atoms with Gasteiger partial charge >= 0.3 is 0 Å². The van der Waals surface area contributed by atoms with E-state index in [4.69, 9.17) is 9.97 Å². The van der Waals surface area contributed by atoms with Crippen LogP contribution in [0.25, 0.3) is 0 Å². The van der Waals surface area contributed by atoms with Gasteiger partial charge in [-0.05, 0) is 64.0 Å². The highest BCUT2D eigenvalue weighted by atomic mass is 32.2. The van der Waals surface area contributed by atoms with Crippen LogP contribution in [0.1, 0.15) is 18.2 Å². The van der Waals surface area contributed by atoms with E-state index in [9.17, 15) is 9.59 Å². The smallest absolute Gasteiger partial charge is 0.236 e. The van der Waals surface area contributed by atoms with Crippen LogP contribution in [0.15, 0.2) is 40.4 Å². The van der Waals surface area contributed by atoms with Crippen LogP contribution in [0, 0.1) is 13.8 Å². The van der Waals surface area contributed by atoms with E-state index in [0.717, 1.165) is 27.7 Å². The highest BCUT2D eigenvalue weighted by molar-refractivity contribution is 7.99. The van der Waals surface area contributed by atoms with Gasteiger partial charge in [0.2, 0.25) is 11.8 Å². The third-order valence-electron chi connectivity index (χ3n) is 5.82. The number of nitrogens with one attached hydrogen (secondary N) is 3. The Bertz CT molecular complexity index is 1250. The molecule has 0 unspecified atom stereocenters. The fraction of sp³-hybridized carbons (Fsp3) is 0.400. The number of hydrogen-bond acceptors (Lipinski definition) is 9. The molecule has 0 saturated carbocycles. The average molecular weight is 524 g/mol. The molecule has 2 aromatic heterocycles. The lowest BCUT2D eigenvalue weighted by Gasteiger charge is -2.36. The van der Waals surface area contributed by atoms with Crippen molar-refractivity contribution in [2.45, 2.75) is 30.8 Å². The monoisotopic (exact) mass is 523 g/mol. The molecule has 0 radical (unpaired) electrons. The first-order chi connectivity index (χ1) is 17.7. The van der Waals surface area contributed by atoms with Gasteiger partial charge in [0.05, 0.1) is 6.54 Å². The minimum absolute atomic E-state index is 0.111. The zero-order valence-electron chi connectivity index (χ0n) is 21.8. The van der Waals surface area contributed by atoms with Crippen LogP contribution in [-0.4, -0.2) is 88.6 Å². The van der Waals surface area contributed by atoms with Gasteiger partial charge in [-0.1, -0.05) is 0 Å². The van der Waals surface area contributed by atoms with Gasteiger partial charge in [-0.25, -0.2) is 9.97 Å². The van der Waals surface area contributed by atoms with Gasteiger partial charge < -0.3 is 25.3 Å². The molecule has 3 heterocycles. The van der Waals surface area contributed by atoms with Gasteiger partial charge in [0.15, 0.2) is 11.0 Å². The third kappa shape index (κ3) is 6.98. The highest BCUT2D eigenvalue weighted by Gasteiger charge is 2.25. The lowest BCUT2D eigenvalue weighted by molar-refractivity contribution is -0.132. The van der Waals surface area contributed by atoms with E-state index in [1.807, 2.05) is 68.1 Å². The van der Waals surface area contributed by atoms with Crippen LogP contribution in [0.3, 0.4) is 0 Å². The fourth-order valence-corrected chi connectivity index (χ4v) is 4.77. The normalized spacial score (nSPS) is 13.7. The number of aromatic amines is 1. The Kier molecular flexibility index (Phi) is 8.29. The molecule has 1 aromatic carbocycles. The molecule has 0 spiro atoms. The van der Waals surface area contributed by atoms with Crippen LogP contribution in [0.5, 0.6) is 0 Å². The van der Waals surface area contributed by atoms with E-state index in [1.54, 1.807) is 0 Å². The van der Waals surface area contributed by atoms with Gasteiger partial charge in [0.1, 0.15) is 11.6 Å². The highest BCUT2D eigenvalue weighted by Crippen LogP contribution is 2.33. The predicted octanol–water partition coefficient (Wildman–Crippen LogP) is 2.88. The van der Waals surface area contributed by atoms with Crippen molar-refractivity contribution in [3.63, 3.8) is 0 Å². The summed E-state index contributed by atoms with van der Waals surface area (Å²) < 4.78 is 0. The van der Waals surface area contributed by atoms with E-state index in [1.165, 1.54) is 18.7 Å². The van der Waals surface area contributed by atoms with E-state index in [0.29, 0.717) is 49.5 Å². The standard InChI is InChI=1S/C25H33N9O2S/c1-16-14-21(31-30-16)27-23-17(2)24(34-12-10-33(11-13-34)22(36)15-32(4)5)29-25(28-23)37-20-8-6-19(7-9-20)26-18(3)35/h6-9,14H,10-13,15H2,1-5H3,(H,26,35)(H2,27,28,29,30,31). The molecule has 1 saturated heterocycles. The Hall–Kier alpha value is -3.64. The number of aryl methyl sites for hydroxylation is 1. The molecule has 37 heavy (non-hydrogen) atoms. The minimum Gasteiger partial charge on any atom is -0.353 e. The summed E-state index contributed by atoms with van der Waals surface area (Å²) in [7, 11) is 3.81. The van der Waals surface area contributed by atoms with Gasteiger partial charge in [-0.3, -0.25) is 14.7 Å². The number of H-pyrrole nitrogens is 1.